The third-order valence-electron chi connectivity index (χ3n) is 4.84. The first-order valence-electron chi connectivity index (χ1n) is 8.93. The van der Waals surface area contributed by atoms with E-state index in [0.29, 0.717) is 55.2 Å². The van der Waals surface area contributed by atoms with Crippen LogP contribution in [0.1, 0.15) is 5.56 Å². The number of halogens is 2. The van der Waals surface area contributed by atoms with E-state index in [9.17, 15) is 9.18 Å². The van der Waals surface area contributed by atoms with Crippen LogP contribution in [0.3, 0.4) is 0 Å². The molecule has 0 bridgehead atoms. The van der Waals surface area contributed by atoms with Gasteiger partial charge in [-0.25, -0.2) is 4.39 Å². The summed E-state index contributed by atoms with van der Waals surface area (Å²) in [6.45, 7) is 2.98. The van der Waals surface area contributed by atoms with Crippen molar-refractivity contribution in [3.8, 4) is 5.75 Å². The molecule has 2 aliphatic rings. The van der Waals surface area contributed by atoms with Crippen molar-refractivity contribution in [2.45, 2.75) is 12.6 Å². The average Bonchev–Trinajstić information content (AvgIpc) is 2.70. The third-order valence-corrected chi connectivity index (χ3v) is 5.33. The van der Waals surface area contributed by atoms with Gasteiger partial charge in [0, 0.05) is 29.7 Å². The molecule has 0 radical (unpaired) electrons. The van der Waals surface area contributed by atoms with E-state index >= 15 is 0 Å². The normalized spacial score (nSPS) is 19.4. The van der Waals surface area contributed by atoms with Crippen LogP contribution in [0.5, 0.6) is 5.75 Å². The van der Waals surface area contributed by atoms with E-state index in [2.05, 4.69) is 15.9 Å². The minimum absolute atomic E-state index is 0.0471. The van der Waals surface area contributed by atoms with Gasteiger partial charge in [0.25, 0.3) is 5.91 Å². The van der Waals surface area contributed by atoms with E-state index in [1.54, 1.807) is 11.0 Å². The lowest BCUT2D eigenvalue weighted by atomic mass is 10.1. The van der Waals surface area contributed by atoms with Crippen LogP contribution < -0.4 is 9.64 Å². The lowest BCUT2D eigenvalue weighted by molar-refractivity contribution is -0.142. The summed E-state index contributed by atoms with van der Waals surface area (Å²) in [5, 5.41) is 0. The highest BCUT2D eigenvalue weighted by molar-refractivity contribution is 9.10. The number of anilines is 1. The summed E-state index contributed by atoms with van der Waals surface area (Å²) in [6.07, 6.45) is -0.614. The summed E-state index contributed by atoms with van der Waals surface area (Å²) < 4.78 is 26.4. The summed E-state index contributed by atoms with van der Waals surface area (Å²) in [7, 11) is 0. The Kier molecular flexibility index (Phi) is 5.31. The van der Waals surface area contributed by atoms with Crippen LogP contribution in [0.15, 0.2) is 46.9 Å². The Bertz CT molecular complexity index is 842. The number of carbonyl (C=O) groups is 1. The zero-order valence-electron chi connectivity index (χ0n) is 14.7. The van der Waals surface area contributed by atoms with E-state index in [1.807, 2.05) is 35.2 Å². The molecule has 1 amide bonds. The van der Waals surface area contributed by atoms with Gasteiger partial charge in [-0.15, -0.1) is 0 Å². The summed E-state index contributed by atoms with van der Waals surface area (Å²) in [5.41, 5.74) is 1.44. The van der Waals surface area contributed by atoms with Crippen molar-refractivity contribution >= 4 is 27.5 Å². The first-order valence-corrected chi connectivity index (χ1v) is 9.72. The number of fused-ring (bicyclic) bond motifs is 1. The minimum Gasteiger partial charge on any atom is -0.477 e. The smallest absolute Gasteiger partial charge is 0.265 e. The number of para-hydroxylation sites is 2. The molecule has 0 aromatic heterocycles. The molecule has 4 rings (SSSR count). The van der Waals surface area contributed by atoms with E-state index in [-0.39, 0.29) is 11.7 Å². The number of ether oxygens (including phenoxy) is 2. The number of hydrogen-bond acceptors (Lipinski definition) is 4. The number of benzene rings is 2. The van der Waals surface area contributed by atoms with Crippen molar-refractivity contribution in [2.24, 2.45) is 0 Å². The Labute approximate surface area is 165 Å². The van der Waals surface area contributed by atoms with Gasteiger partial charge >= 0.3 is 0 Å². The summed E-state index contributed by atoms with van der Waals surface area (Å²) in [4.78, 5) is 16.7. The Morgan fingerprint density at radius 2 is 1.96 bits per heavy atom. The van der Waals surface area contributed by atoms with E-state index in [1.165, 1.54) is 6.07 Å². The lowest BCUT2D eigenvalue weighted by Crippen LogP contribution is -2.52. The highest BCUT2D eigenvalue weighted by atomic mass is 79.9. The molecule has 1 atom stereocenters. The topological polar surface area (TPSA) is 42.0 Å². The number of rotatable bonds is 3. The molecule has 2 aromatic carbocycles. The van der Waals surface area contributed by atoms with Crippen LogP contribution in [-0.2, 0) is 16.1 Å². The van der Waals surface area contributed by atoms with Crippen LogP contribution >= 0.6 is 15.9 Å². The van der Waals surface area contributed by atoms with Gasteiger partial charge in [0.05, 0.1) is 25.4 Å². The monoisotopic (exact) mass is 434 g/mol. The van der Waals surface area contributed by atoms with Crippen molar-refractivity contribution in [3.63, 3.8) is 0 Å². The van der Waals surface area contributed by atoms with Gasteiger partial charge in [0.15, 0.2) is 6.10 Å². The molecule has 2 heterocycles. The molecular weight excluding hydrogens is 415 g/mol. The molecule has 27 heavy (non-hydrogen) atoms. The van der Waals surface area contributed by atoms with Gasteiger partial charge in [-0.2, -0.15) is 0 Å². The highest BCUT2D eigenvalue weighted by Crippen LogP contribution is 2.35. The molecule has 1 saturated heterocycles. The standard InChI is InChI=1S/C20H20BrFN2O3/c21-15-6-5-14(16(22)11-15)12-24-13-19(20(25)23-7-9-26-10-8-23)27-18-4-2-1-3-17(18)24/h1-6,11,19H,7-10,12-13H2. The van der Waals surface area contributed by atoms with Gasteiger partial charge in [-0.05, 0) is 24.3 Å². The first-order chi connectivity index (χ1) is 13.1. The SMILES string of the molecule is O=C(C1CN(Cc2ccc(Br)cc2F)c2ccccc2O1)N1CCOCC1. The molecule has 7 heteroatoms. The molecule has 1 unspecified atom stereocenters. The predicted octanol–water partition coefficient (Wildman–Crippen LogP) is 3.21. The number of hydrogen-bond donors (Lipinski definition) is 0. The van der Waals surface area contributed by atoms with Crippen molar-refractivity contribution in [1.82, 2.24) is 4.90 Å². The van der Waals surface area contributed by atoms with Gasteiger partial charge in [-0.3, -0.25) is 4.79 Å². The summed E-state index contributed by atoms with van der Waals surface area (Å²) >= 11 is 3.29. The zero-order chi connectivity index (χ0) is 18.8. The Morgan fingerprint density at radius 3 is 2.74 bits per heavy atom. The molecule has 0 aliphatic carbocycles. The second kappa shape index (κ2) is 7.86. The quantitative estimate of drug-likeness (QED) is 0.743. The Hall–Kier alpha value is -2.12. The molecule has 1 fully saturated rings. The fraction of sp³-hybridized carbons (Fsp3) is 0.350. The van der Waals surface area contributed by atoms with Crippen LogP contribution in [0.25, 0.3) is 0 Å². The second-order valence-electron chi connectivity index (χ2n) is 6.63. The molecule has 2 aromatic rings. The number of morpholine rings is 1. The maximum Gasteiger partial charge on any atom is 0.265 e. The molecular formula is C20H20BrFN2O3. The van der Waals surface area contributed by atoms with E-state index in [4.69, 9.17) is 9.47 Å². The number of carbonyl (C=O) groups excluding carboxylic acids is 1. The first kappa shape index (κ1) is 18.3. The van der Waals surface area contributed by atoms with Crippen LogP contribution in [-0.4, -0.2) is 49.8 Å². The lowest BCUT2D eigenvalue weighted by Gasteiger charge is -2.38. The Morgan fingerprint density at radius 1 is 1.19 bits per heavy atom. The van der Waals surface area contributed by atoms with Gasteiger partial charge in [-0.1, -0.05) is 34.1 Å². The fourth-order valence-electron chi connectivity index (χ4n) is 3.43. The zero-order valence-corrected chi connectivity index (χ0v) is 16.3. The largest absolute Gasteiger partial charge is 0.477 e. The van der Waals surface area contributed by atoms with Crippen molar-refractivity contribution in [2.75, 3.05) is 37.7 Å². The maximum absolute atomic E-state index is 14.4. The van der Waals surface area contributed by atoms with Crippen LogP contribution in [0, 0.1) is 5.82 Å². The molecule has 5 nitrogen and oxygen atoms in total. The van der Waals surface area contributed by atoms with Crippen molar-refractivity contribution < 1.29 is 18.7 Å². The minimum atomic E-state index is -0.614. The number of nitrogens with zero attached hydrogens (tertiary/aromatic N) is 2. The molecule has 2 aliphatic heterocycles. The molecule has 0 N–H and O–H groups in total. The predicted molar refractivity (Wildman–Crippen MR) is 103 cm³/mol. The second-order valence-corrected chi connectivity index (χ2v) is 7.54. The molecule has 0 saturated carbocycles. The van der Waals surface area contributed by atoms with E-state index < -0.39 is 6.10 Å². The number of amides is 1. The molecule has 142 valence electrons. The summed E-state index contributed by atoms with van der Waals surface area (Å²) in [5.74, 6) is 0.325. The highest BCUT2D eigenvalue weighted by Gasteiger charge is 2.34. The average molecular weight is 435 g/mol. The summed E-state index contributed by atoms with van der Waals surface area (Å²) in [6, 6.07) is 12.6. The van der Waals surface area contributed by atoms with Gasteiger partial charge < -0.3 is 19.3 Å². The van der Waals surface area contributed by atoms with Crippen LogP contribution in [0.4, 0.5) is 10.1 Å². The molecule has 0 spiro atoms. The fourth-order valence-corrected chi connectivity index (χ4v) is 3.76. The Balaban J connectivity index is 1.59. The van der Waals surface area contributed by atoms with E-state index in [0.717, 1.165) is 5.69 Å². The van der Waals surface area contributed by atoms with Gasteiger partial charge in [0.2, 0.25) is 0 Å². The van der Waals surface area contributed by atoms with Crippen LogP contribution in [0.2, 0.25) is 0 Å². The maximum atomic E-state index is 14.4. The van der Waals surface area contributed by atoms with Gasteiger partial charge in [0.1, 0.15) is 11.6 Å². The van der Waals surface area contributed by atoms with Crippen molar-refractivity contribution in [1.29, 1.82) is 0 Å². The van der Waals surface area contributed by atoms with Crippen molar-refractivity contribution in [3.05, 3.63) is 58.3 Å². The third kappa shape index (κ3) is 3.94.